The van der Waals surface area contributed by atoms with Gasteiger partial charge >= 0.3 is 6.18 Å². The molecule has 3 N–H and O–H groups in total. The molecule has 1 atom stereocenters. The number of nitrogens with one attached hydrogen (secondary N) is 3. The molecule has 0 bridgehead atoms. The van der Waals surface area contributed by atoms with E-state index in [1.807, 2.05) is 0 Å². The molecule has 1 saturated heterocycles. The molecule has 21 heavy (non-hydrogen) atoms. The molecular formula is C12H11BrF3N3O2. The first-order chi connectivity index (χ1) is 9.75. The average Bonchev–Trinajstić information content (AvgIpc) is 2.37. The highest BCUT2D eigenvalue weighted by atomic mass is 79.9. The van der Waals surface area contributed by atoms with Crippen molar-refractivity contribution >= 4 is 33.4 Å². The van der Waals surface area contributed by atoms with Crippen LogP contribution in [0.5, 0.6) is 0 Å². The van der Waals surface area contributed by atoms with Crippen LogP contribution < -0.4 is 16.0 Å². The summed E-state index contributed by atoms with van der Waals surface area (Å²) in [7, 11) is 0. The fraction of sp³-hybridized carbons (Fsp3) is 0.333. The third-order valence-corrected chi connectivity index (χ3v) is 3.28. The maximum atomic E-state index is 12.7. The van der Waals surface area contributed by atoms with Crippen LogP contribution in [-0.2, 0) is 15.8 Å². The van der Waals surface area contributed by atoms with E-state index >= 15 is 0 Å². The Morgan fingerprint density at radius 2 is 2.05 bits per heavy atom. The third-order valence-electron chi connectivity index (χ3n) is 2.82. The molecule has 2 amide bonds. The van der Waals surface area contributed by atoms with Crippen molar-refractivity contribution in [2.45, 2.75) is 12.2 Å². The molecule has 2 rings (SSSR count). The summed E-state index contributed by atoms with van der Waals surface area (Å²) in [5.41, 5.74) is -0.836. The van der Waals surface area contributed by atoms with Gasteiger partial charge in [0.1, 0.15) is 6.04 Å². The van der Waals surface area contributed by atoms with Crippen LogP contribution in [0.3, 0.4) is 0 Å². The van der Waals surface area contributed by atoms with Crippen molar-refractivity contribution in [1.29, 1.82) is 0 Å². The number of carbonyl (C=O) groups excluding carboxylic acids is 2. The molecule has 1 aromatic rings. The summed E-state index contributed by atoms with van der Waals surface area (Å²) >= 11 is 2.98. The van der Waals surface area contributed by atoms with E-state index in [0.717, 1.165) is 12.1 Å². The van der Waals surface area contributed by atoms with Crippen LogP contribution in [0.4, 0.5) is 18.9 Å². The second-order valence-corrected chi connectivity index (χ2v) is 5.37. The Bertz CT molecular complexity index is 567. The van der Waals surface area contributed by atoms with E-state index in [-0.39, 0.29) is 29.2 Å². The van der Waals surface area contributed by atoms with Crippen LogP contribution in [0.15, 0.2) is 22.7 Å². The maximum Gasteiger partial charge on any atom is 0.416 e. The van der Waals surface area contributed by atoms with Crippen molar-refractivity contribution in [1.82, 2.24) is 10.6 Å². The second kappa shape index (κ2) is 6.02. The smallest absolute Gasteiger partial charge is 0.353 e. The van der Waals surface area contributed by atoms with Crippen molar-refractivity contribution in [3.8, 4) is 0 Å². The summed E-state index contributed by atoms with van der Waals surface area (Å²) in [5.74, 6) is -0.748. The van der Waals surface area contributed by atoms with E-state index in [0.29, 0.717) is 0 Å². The summed E-state index contributed by atoms with van der Waals surface area (Å²) in [6.45, 7) is 0.0785. The Morgan fingerprint density at radius 3 is 2.62 bits per heavy atom. The Hall–Kier alpha value is -1.61. The minimum absolute atomic E-state index is 0.00955. The van der Waals surface area contributed by atoms with E-state index in [4.69, 9.17) is 0 Å². The zero-order valence-corrected chi connectivity index (χ0v) is 12.1. The van der Waals surface area contributed by atoms with Crippen molar-refractivity contribution in [2.75, 3.05) is 18.4 Å². The van der Waals surface area contributed by atoms with Crippen LogP contribution in [-0.4, -0.2) is 30.9 Å². The van der Waals surface area contributed by atoms with Gasteiger partial charge in [-0.1, -0.05) is 15.9 Å². The van der Waals surface area contributed by atoms with Crippen molar-refractivity contribution in [3.63, 3.8) is 0 Å². The molecule has 5 nitrogen and oxygen atoms in total. The molecule has 9 heteroatoms. The lowest BCUT2D eigenvalue weighted by atomic mass is 10.1. The Morgan fingerprint density at radius 1 is 1.33 bits per heavy atom. The lowest BCUT2D eigenvalue weighted by Crippen LogP contribution is -2.56. The minimum Gasteiger partial charge on any atom is -0.353 e. The SMILES string of the molecule is O=C1CNC(C(=O)Nc2cc(Br)cc(C(F)(F)F)c2)CN1. The average molecular weight is 366 g/mol. The third kappa shape index (κ3) is 4.18. The highest BCUT2D eigenvalue weighted by molar-refractivity contribution is 9.10. The predicted molar refractivity (Wildman–Crippen MR) is 72.6 cm³/mol. The number of anilines is 1. The van der Waals surface area contributed by atoms with Crippen LogP contribution in [0.25, 0.3) is 0 Å². The van der Waals surface area contributed by atoms with Crippen molar-refractivity contribution < 1.29 is 22.8 Å². The molecular weight excluding hydrogens is 355 g/mol. The van der Waals surface area contributed by atoms with Gasteiger partial charge in [0.25, 0.3) is 0 Å². The highest BCUT2D eigenvalue weighted by Gasteiger charge is 2.31. The number of benzene rings is 1. The second-order valence-electron chi connectivity index (χ2n) is 4.45. The van der Waals surface area contributed by atoms with Gasteiger partial charge < -0.3 is 10.6 Å². The van der Waals surface area contributed by atoms with E-state index in [1.54, 1.807) is 0 Å². The summed E-state index contributed by atoms with van der Waals surface area (Å²) in [4.78, 5) is 22.9. The molecule has 1 aliphatic heterocycles. The van der Waals surface area contributed by atoms with Gasteiger partial charge in [-0.3, -0.25) is 14.9 Å². The summed E-state index contributed by atoms with van der Waals surface area (Å²) in [6.07, 6.45) is -4.50. The van der Waals surface area contributed by atoms with Gasteiger partial charge in [0.15, 0.2) is 0 Å². The summed E-state index contributed by atoms with van der Waals surface area (Å²) < 4.78 is 38.3. The van der Waals surface area contributed by atoms with E-state index < -0.39 is 23.7 Å². The topological polar surface area (TPSA) is 70.2 Å². The zero-order valence-electron chi connectivity index (χ0n) is 10.6. The number of carbonyl (C=O) groups is 2. The van der Waals surface area contributed by atoms with Gasteiger partial charge in [-0.2, -0.15) is 13.2 Å². The monoisotopic (exact) mass is 365 g/mol. The van der Waals surface area contributed by atoms with E-state index in [2.05, 4.69) is 31.9 Å². The molecule has 0 radical (unpaired) electrons. The van der Waals surface area contributed by atoms with Crippen molar-refractivity contribution in [2.24, 2.45) is 0 Å². The first-order valence-corrected chi connectivity index (χ1v) is 6.74. The van der Waals surface area contributed by atoms with Crippen LogP contribution in [0.2, 0.25) is 0 Å². The number of hydrogen-bond donors (Lipinski definition) is 3. The van der Waals surface area contributed by atoms with Crippen LogP contribution in [0.1, 0.15) is 5.56 Å². The molecule has 1 heterocycles. The molecule has 1 aliphatic rings. The lowest BCUT2D eigenvalue weighted by Gasteiger charge is -2.23. The van der Waals surface area contributed by atoms with E-state index in [1.165, 1.54) is 6.07 Å². The van der Waals surface area contributed by atoms with Gasteiger partial charge in [-0.25, -0.2) is 0 Å². The summed E-state index contributed by atoms with van der Waals surface area (Å²) in [5, 5.41) is 7.58. The highest BCUT2D eigenvalue weighted by Crippen LogP contribution is 2.33. The van der Waals surface area contributed by atoms with Crippen LogP contribution >= 0.6 is 15.9 Å². The Kier molecular flexibility index (Phi) is 4.52. The minimum atomic E-state index is -4.50. The Labute approximate surface area is 126 Å². The molecule has 0 spiro atoms. The van der Waals surface area contributed by atoms with Gasteiger partial charge in [0.05, 0.1) is 12.1 Å². The quantitative estimate of drug-likeness (QED) is 0.743. The summed E-state index contributed by atoms with van der Waals surface area (Å²) in [6, 6.07) is 2.46. The number of halogens is 4. The molecule has 1 unspecified atom stereocenters. The predicted octanol–water partition coefficient (Wildman–Crippen LogP) is 1.49. The molecule has 0 aliphatic carbocycles. The van der Waals surface area contributed by atoms with Crippen LogP contribution in [0, 0.1) is 0 Å². The molecule has 0 saturated carbocycles. The fourth-order valence-electron chi connectivity index (χ4n) is 1.81. The number of hydrogen-bond acceptors (Lipinski definition) is 3. The normalized spacial score (nSPS) is 19.0. The number of piperazine rings is 1. The number of amides is 2. The first kappa shape index (κ1) is 15.8. The molecule has 114 valence electrons. The van der Waals surface area contributed by atoms with Gasteiger partial charge in [0.2, 0.25) is 11.8 Å². The molecule has 1 fully saturated rings. The largest absolute Gasteiger partial charge is 0.416 e. The lowest BCUT2D eigenvalue weighted by molar-refractivity contribution is -0.137. The van der Waals surface area contributed by atoms with Crippen molar-refractivity contribution in [3.05, 3.63) is 28.2 Å². The zero-order chi connectivity index (χ0) is 15.6. The first-order valence-electron chi connectivity index (χ1n) is 5.94. The standard InChI is InChI=1S/C12H11BrF3N3O2/c13-7-1-6(12(14,15)16)2-8(3-7)19-11(21)9-4-18-10(20)5-17-9/h1-3,9,17H,4-5H2,(H,18,20)(H,19,21). The van der Waals surface area contributed by atoms with Gasteiger partial charge in [-0.15, -0.1) is 0 Å². The van der Waals surface area contributed by atoms with E-state index in [9.17, 15) is 22.8 Å². The van der Waals surface area contributed by atoms with Gasteiger partial charge in [0, 0.05) is 16.7 Å². The fourth-order valence-corrected chi connectivity index (χ4v) is 2.30. The molecule has 0 aromatic heterocycles. The maximum absolute atomic E-state index is 12.7. The number of rotatable bonds is 2. The molecule has 1 aromatic carbocycles. The van der Waals surface area contributed by atoms with Gasteiger partial charge in [-0.05, 0) is 18.2 Å². The Balaban J connectivity index is 2.10. The number of alkyl halides is 3.